The van der Waals surface area contributed by atoms with Gasteiger partial charge in [-0.1, -0.05) is 0 Å². The topological polar surface area (TPSA) is 96.6 Å². The number of hydrogen-bond acceptors (Lipinski definition) is 5. The Morgan fingerprint density at radius 1 is 1.65 bits per heavy atom. The van der Waals surface area contributed by atoms with Crippen LogP contribution in [0.1, 0.15) is 24.8 Å². The first-order chi connectivity index (χ1) is 9.47. The van der Waals surface area contributed by atoms with Gasteiger partial charge in [0.2, 0.25) is 0 Å². The Morgan fingerprint density at radius 2 is 2.40 bits per heavy atom. The molecule has 0 aliphatic carbocycles. The number of aromatic nitrogens is 1. The lowest BCUT2D eigenvalue weighted by molar-refractivity contribution is -0.385. The van der Waals surface area contributed by atoms with E-state index in [1.807, 2.05) is 4.90 Å². The van der Waals surface area contributed by atoms with E-state index in [2.05, 4.69) is 4.98 Å². The van der Waals surface area contributed by atoms with Gasteiger partial charge in [-0.2, -0.15) is 0 Å². The maximum atomic E-state index is 10.8. The van der Waals surface area contributed by atoms with Crippen molar-refractivity contribution in [2.75, 3.05) is 18.0 Å². The second-order valence-electron chi connectivity index (χ2n) is 5.14. The molecule has 20 heavy (non-hydrogen) atoms. The van der Waals surface area contributed by atoms with Crippen LogP contribution in [-0.2, 0) is 4.79 Å². The predicted molar refractivity (Wildman–Crippen MR) is 72.8 cm³/mol. The molecule has 1 aliphatic heterocycles. The molecule has 1 unspecified atom stereocenters. The Bertz CT molecular complexity index is 532. The second kappa shape index (κ2) is 5.85. The van der Waals surface area contributed by atoms with Crippen molar-refractivity contribution in [1.29, 1.82) is 0 Å². The van der Waals surface area contributed by atoms with Gasteiger partial charge in [-0.25, -0.2) is 4.98 Å². The van der Waals surface area contributed by atoms with Crippen molar-refractivity contribution in [3.05, 3.63) is 27.9 Å². The number of carbonyl (C=O) groups is 1. The van der Waals surface area contributed by atoms with Crippen LogP contribution in [0.3, 0.4) is 0 Å². The van der Waals surface area contributed by atoms with E-state index in [9.17, 15) is 14.9 Å². The van der Waals surface area contributed by atoms with Gasteiger partial charge in [0, 0.05) is 25.6 Å². The molecule has 7 heteroatoms. The molecule has 1 aromatic heterocycles. The summed E-state index contributed by atoms with van der Waals surface area (Å²) in [7, 11) is 0. The number of carboxylic acid groups (broad SMARTS) is 1. The molecular formula is C13H17N3O4. The third kappa shape index (κ3) is 3.23. The first-order valence-corrected chi connectivity index (χ1v) is 6.55. The number of nitro groups is 1. The standard InChI is InChI=1S/C13H17N3O4/c1-9-5-11(16(19)20)7-14-13(9)15-4-2-3-10(8-15)6-12(17)18/h5,7,10H,2-4,6,8H2,1H3,(H,17,18). The van der Waals surface area contributed by atoms with E-state index in [1.165, 1.54) is 12.3 Å². The van der Waals surface area contributed by atoms with Gasteiger partial charge >= 0.3 is 5.97 Å². The minimum absolute atomic E-state index is 0.0228. The van der Waals surface area contributed by atoms with Crippen molar-refractivity contribution in [2.45, 2.75) is 26.2 Å². The average Bonchev–Trinajstić information content (AvgIpc) is 2.38. The number of nitrogens with zero attached hydrogens (tertiary/aromatic N) is 3. The zero-order valence-corrected chi connectivity index (χ0v) is 11.3. The predicted octanol–water partition coefficient (Wildman–Crippen LogP) is 1.99. The zero-order chi connectivity index (χ0) is 14.7. The summed E-state index contributed by atoms with van der Waals surface area (Å²) in [5, 5.41) is 19.6. The minimum Gasteiger partial charge on any atom is -0.481 e. The van der Waals surface area contributed by atoms with Gasteiger partial charge < -0.3 is 10.0 Å². The van der Waals surface area contributed by atoms with E-state index in [4.69, 9.17) is 5.11 Å². The van der Waals surface area contributed by atoms with Crippen LogP contribution in [0.5, 0.6) is 0 Å². The molecule has 1 N–H and O–H groups in total. The number of hydrogen-bond donors (Lipinski definition) is 1. The lowest BCUT2D eigenvalue weighted by Gasteiger charge is -2.33. The molecule has 108 valence electrons. The third-order valence-electron chi connectivity index (χ3n) is 3.53. The smallest absolute Gasteiger partial charge is 0.303 e. The summed E-state index contributed by atoms with van der Waals surface area (Å²) < 4.78 is 0. The Labute approximate surface area is 116 Å². The largest absolute Gasteiger partial charge is 0.481 e. The molecule has 1 saturated heterocycles. The summed E-state index contributed by atoms with van der Waals surface area (Å²) in [5.74, 6) is 0.0357. The first kappa shape index (κ1) is 14.2. The molecule has 2 rings (SSSR count). The van der Waals surface area contributed by atoms with Crippen LogP contribution >= 0.6 is 0 Å². The number of aryl methyl sites for hydroxylation is 1. The van der Waals surface area contributed by atoms with Crippen LogP contribution < -0.4 is 4.90 Å². The molecule has 7 nitrogen and oxygen atoms in total. The molecule has 0 saturated carbocycles. The molecule has 0 spiro atoms. The maximum absolute atomic E-state index is 10.8. The van der Waals surface area contributed by atoms with E-state index >= 15 is 0 Å². The SMILES string of the molecule is Cc1cc([N+](=O)[O-])cnc1N1CCCC(CC(=O)O)C1. The fraction of sp³-hybridized carbons (Fsp3) is 0.538. The van der Waals surface area contributed by atoms with Crippen LogP contribution in [0.15, 0.2) is 12.3 Å². The van der Waals surface area contributed by atoms with E-state index in [0.717, 1.165) is 24.9 Å². The fourth-order valence-electron chi connectivity index (χ4n) is 2.65. The molecule has 1 atom stereocenters. The molecule has 0 aromatic carbocycles. The van der Waals surface area contributed by atoms with Gasteiger partial charge in [-0.3, -0.25) is 14.9 Å². The molecule has 0 bridgehead atoms. The highest BCUT2D eigenvalue weighted by Gasteiger charge is 2.24. The summed E-state index contributed by atoms with van der Waals surface area (Å²) in [6.07, 6.45) is 3.22. The van der Waals surface area contributed by atoms with E-state index < -0.39 is 10.9 Å². The minimum atomic E-state index is -0.787. The number of carboxylic acids is 1. The lowest BCUT2D eigenvalue weighted by Crippen LogP contribution is -2.37. The Hall–Kier alpha value is -2.18. The second-order valence-corrected chi connectivity index (χ2v) is 5.14. The summed E-state index contributed by atoms with van der Waals surface area (Å²) in [6.45, 7) is 3.23. The van der Waals surface area contributed by atoms with E-state index in [-0.39, 0.29) is 18.0 Å². The van der Waals surface area contributed by atoms with Crippen molar-refractivity contribution < 1.29 is 14.8 Å². The van der Waals surface area contributed by atoms with Gasteiger partial charge in [-0.05, 0) is 31.2 Å². The highest BCUT2D eigenvalue weighted by Crippen LogP contribution is 2.27. The molecule has 1 aromatic rings. The number of pyridine rings is 1. The number of rotatable bonds is 4. The number of piperidine rings is 1. The van der Waals surface area contributed by atoms with Gasteiger partial charge in [0.25, 0.3) is 5.69 Å². The first-order valence-electron chi connectivity index (χ1n) is 6.55. The summed E-state index contributed by atoms with van der Waals surface area (Å²) in [6, 6.07) is 1.50. The Balaban J connectivity index is 2.14. The van der Waals surface area contributed by atoms with E-state index in [0.29, 0.717) is 12.4 Å². The molecule has 0 amide bonds. The molecular weight excluding hydrogens is 262 g/mol. The maximum Gasteiger partial charge on any atom is 0.303 e. The van der Waals surface area contributed by atoms with Crippen molar-refractivity contribution in [3.8, 4) is 0 Å². The van der Waals surface area contributed by atoms with Crippen molar-refractivity contribution in [1.82, 2.24) is 4.98 Å². The van der Waals surface area contributed by atoms with Crippen LogP contribution in [0.25, 0.3) is 0 Å². The van der Waals surface area contributed by atoms with Crippen molar-refractivity contribution in [2.24, 2.45) is 5.92 Å². The molecule has 0 radical (unpaired) electrons. The average molecular weight is 279 g/mol. The van der Waals surface area contributed by atoms with E-state index in [1.54, 1.807) is 6.92 Å². The fourth-order valence-corrected chi connectivity index (χ4v) is 2.65. The number of anilines is 1. The highest BCUT2D eigenvalue weighted by molar-refractivity contribution is 5.67. The third-order valence-corrected chi connectivity index (χ3v) is 3.53. The van der Waals surface area contributed by atoms with Crippen molar-refractivity contribution >= 4 is 17.5 Å². The van der Waals surface area contributed by atoms with Gasteiger partial charge in [0.1, 0.15) is 12.0 Å². The molecule has 2 heterocycles. The molecule has 1 aliphatic rings. The van der Waals surface area contributed by atoms with Gasteiger partial charge in [-0.15, -0.1) is 0 Å². The zero-order valence-electron chi connectivity index (χ0n) is 11.3. The van der Waals surface area contributed by atoms with Gasteiger partial charge in [0.15, 0.2) is 0 Å². The van der Waals surface area contributed by atoms with Crippen LogP contribution in [0, 0.1) is 23.0 Å². The lowest BCUT2D eigenvalue weighted by atomic mass is 9.94. The summed E-state index contributed by atoms with van der Waals surface area (Å²) in [4.78, 5) is 27.2. The Kier molecular flexibility index (Phi) is 4.16. The number of aliphatic carboxylic acids is 1. The monoisotopic (exact) mass is 279 g/mol. The van der Waals surface area contributed by atoms with Crippen LogP contribution in [-0.4, -0.2) is 34.1 Å². The Morgan fingerprint density at radius 3 is 3.00 bits per heavy atom. The van der Waals surface area contributed by atoms with Gasteiger partial charge in [0.05, 0.1) is 4.92 Å². The summed E-state index contributed by atoms with van der Waals surface area (Å²) >= 11 is 0. The highest BCUT2D eigenvalue weighted by atomic mass is 16.6. The normalized spacial score (nSPS) is 18.9. The van der Waals surface area contributed by atoms with Crippen molar-refractivity contribution in [3.63, 3.8) is 0 Å². The molecule has 1 fully saturated rings. The quantitative estimate of drug-likeness (QED) is 0.668. The van der Waals surface area contributed by atoms with Crippen LogP contribution in [0.2, 0.25) is 0 Å². The summed E-state index contributed by atoms with van der Waals surface area (Å²) in [5.41, 5.74) is 0.723. The van der Waals surface area contributed by atoms with Crippen LogP contribution in [0.4, 0.5) is 11.5 Å².